The second-order valence-electron chi connectivity index (χ2n) is 5.75. The molecule has 0 saturated heterocycles. The standard InChI is InChI=1S/C17H21N3O/c1-11-9-15-16(18)7-4-8-17(15)20(11)14-6-3-5-13(10-14)19-12(2)21/h3,5-6,9-10,16H,4,7-8,18H2,1-2H3,(H,19,21). The largest absolute Gasteiger partial charge is 0.326 e. The lowest BCUT2D eigenvalue weighted by molar-refractivity contribution is -0.114. The molecule has 0 spiro atoms. The highest BCUT2D eigenvalue weighted by Gasteiger charge is 2.22. The van der Waals surface area contributed by atoms with Gasteiger partial charge in [0.15, 0.2) is 0 Å². The van der Waals surface area contributed by atoms with E-state index in [4.69, 9.17) is 5.73 Å². The molecule has 3 rings (SSSR count). The molecule has 0 aliphatic heterocycles. The van der Waals surface area contributed by atoms with E-state index in [1.807, 2.05) is 18.2 Å². The summed E-state index contributed by atoms with van der Waals surface area (Å²) in [4.78, 5) is 11.2. The molecule has 1 atom stereocenters. The van der Waals surface area contributed by atoms with Gasteiger partial charge in [-0.25, -0.2) is 0 Å². The van der Waals surface area contributed by atoms with Gasteiger partial charge in [0.25, 0.3) is 0 Å². The van der Waals surface area contributed by atoms with Crippen molar-refractivity contribution in [1.82, 2.24) is 4.57 Å². The monoisotopic (exact) mass is 283 g/mol. The number of benzene rings is 1. The highest BCUT2D eigenvalue weighted by molar-refractivity contribution is 5.88. The fraction of sp³-hybridized carbons (Fsp3) is 0.353. The number of aromatic nitrogens is 1. The maximum Gasteiger partial charge on any atom is 0.221 e. The second-order valence-corrected chi connectivity index (χ2v) is 5.75. The summed E-state index contributed by atoms with van der Waals surface area (Å²) in [6.45, 7) is 3.63. The van der Waals surface area contributed by atoms with Crippen molar-refractivity contribution in [3.8, 4) is 5.69 Å². The lowest BCUT2D eigenvalue weighted by Crippen LogP contribution is -2.18. The normalized spacial score (nSPS) is 17.4. The van der Waals surface area contributed by atoms with Gasteiger partial charge in [0, 0.05) is 35.7 Å². The van der Waals surface area contributed by atoms with Gasteiger partial charge in [-0.1, -0.05) is 6.07 Å². The summed E-state index contributed by atoms with van der Waals surface area (Å²) in [5.41, 5.74) is 11.9. The first-order chi connectivity index (χ1) is 10.1. The minimum Gasteiger partial charge on any atom is -0.326 e. The van der Waals surface area contributed by atoms with Crippen LogP contribution >= 0.6 is 0 Å². The van der Waals surface area contributed by atoms with Gasteiger partial charge in [0.2, 0.25) is 5.91 Å². The molecule has 2 aromatic rings. The van der Waals surface area contributed by atoms with Gasteiger partial charge in [0.05, 0.1) is 0 Å². The van der Waals surface area contributed by atoms with Crippen molar-refractivity contribution >= 4 is 11.6 Å². The van der Waals surface area contributed by atoms with E-state index in [2.05, 4.69) is 28.9 Å². The molecular weight excluding hydrogens is 262 g/mol. The molecule has 0 fully saturated rings. The number of carbonyl (C=O) groups is 1. The molecule has 1 aromatic carbocycles. The van der Waals surface area contributed by atoms with E-state index in [9.17, 15) is 4.79 Å². The third kappa shape index (κ3) is 2.59. The second kappa shape index (κ2) is 5.37. The number of nitrogens with one attached hydrogen (secondary N) is 1. The first kappa shape index (κ1) is 13.9. The molecule has 0 radical (unpaired) electrons. The van der Waals surface area contributed by atoms with Gasteiger partial charge in [-0.05, 0) is 56.0 Å². The lowest BCUT2D eigenvalue weighted by atomic mass is 9.93. The number of aryl methyl sites for hydroxylation is 1. The van der Waals surface area contributed by atoms with Crippen molar-refractivity contribution in [1.29, 1.82) is 0 Å². The van der Waals surface area contributed by atoms with Crippen LogP contribution in [-0.4, -0.2) is 10.5 Å². The summed E-state index contributed by atoms with van der Waals surface area (Å²) in [5, 5.41) is 2.84. The molecule has 3 N–H and O–H groups in total. The SMILES string of the molecule is CC(=O)Nc1cccc(-n2c(C)cc3c2CCCC3N)c1. The topological polar surface area (TPSA) is 60.0 Å². The molecule has 4 nitrogen and oxygen atoms in total. The Hall–Kier alpha value is -2.07. The van der Waals surface area contributed by atoms with E-state index in [1.54, 1.807) is 0 Å². The van der Waals surface area contributed by atoms with Crippen LogP contribution < -0.4 is 11.1 Å². The quantitative estimate of drug-likeness (QED) is 0.889. The van der Waals surface area contributed by atoms with Crippen LogP contribution in [0.1, 0.15) is 42.8 Å². The van der Waals surface area contributed by atoms with Crippen LogP contribution in [-0.2, 0) is 11.2 Å². The summed E-state index contributed by atoms with van der Waals surface area (Å²) >= 11 is 0. The van der Waals surface area contributed by atoms with Gasteiger partial charge in [-0.3, -0.25) is 4.79 Å². The molecule has 1 heterocycles. The van der Waals surface area contributed by atoms with Gasteiger partial charge in [-0.15, -0.1) is 0 Å². The van der Waals surface area contributed by atoms with Crippen molar-refractivity contribution in [2.24, 2.45) is 5.73 Å². The van der Waals surface area contributed by atoms with Crippen LogP contribution in [0.2, 0.25) is 0 Å². The highest BCUT2D eigenvalue weighted by Crippen LogP contribution is 2.33. The van der Waals surface area contributed by atoms with Gasteiger partial charge in [0.1, 0.15) is 0 Å². The van der Waals surface area contributed by atoms with E-state index in [-0.39, 0.29) is 11.9 Å². The Balaban J connectivity index is 2.07. The van der Waals surface area contributed by atoms with Gasteiger partial charge >= 0.3 is 0 Å². The van der Waals surface area contributed by atoms with Crippen LogP contribution in [0, 0.1) is 6.92 Å². The number of amides is 1. The number of nitrogens with zero attached hydrogens (tertiary/aromatic N) is 1. The highest BCUT2D eigenvalue weighted by atomic mass is 16.1. The molecular formula is C17H21N3O. The molecule has 110 valence electrons. The zero-order valence-electron chi connectivity index (χ0n) is 12.5. The van der Waals surface area contributed by atoms with E-state index in [0.717, 1.165) is 30.6 Å². The predicted molar refractivity (Wildman–Crippen MR) is 84.7 cm³/mol. The zero-order valence-corrected chi connectivity index (χ0v) is 12.5. The van der Waals surface area contributed by atoms with Gasteiger partial charge in [-0.2, -0.15) is 0 Å². The van der Waals surface area contributed by atoms with E-state index in [1.165, 1.54) is 23.9 Å². The smallest absolute Gasteiger partial charge is 0.221 e. The third-order valence-electron chi connectivity index (χ3n) is 4.07. The number of anilines is 1. The summed E-state index contributed by atoms with van der Waals surface area (Å²) < 4.78 is 2.26. The van der Waals surface area contributed by atoms with Crippen molar-refractivity contribution in [2.75, 3.05) is 5.32 Å². The minimum atomic E-state index is -0.0552. The maximum atomic E-state index is 11.2. The Kier molecular flexibility index (Phi) is 3.55. The molecule has 1 aliphatic carbocycles. The minimum absolute atomic E-state index is 0.0552. The summed E-state index contributed by atoms with van der Waals surface area (Å²) in [5.74, 6) is -0.0552. The number of hydrogen-bond donors (Lipinski definition) is 2. The van der Waals surface area contributed by atoms with Crippen molar-refractivity contribution in [3.05, 3.63) is 47.3 Å². The molecule has 0 bridgehead atoms. The van der Waals surface area contributed by atoms with Crippen molar-refractivity contribution in [2.45, 2.75) is 39.2 Å². The Labute approximate surface area is 125 Å². The van der Waals surface area contributed by atoms with Crippen LogP contribution in [0.4, 0.5) is 5.69 Å². The number of fused-ring (bicyclic) bond motifs is 1. The average molecular weight is 283 g/mol. The Morgan fingerprint density at radius 1 is 1.38 bits per heavy atom. The summed E-state index contributed by atoms with van der Waals surface area (Å²) in [6.07, 6.45) is 3.24. The molecule has 0 saturated carbocycles. The fourth-order valence-corrected chi connectivity index (χ4v) is 3.22. The molecule has 1 amide bonds. The number of rotatable bonds is 2. The summed E-state index contributed by atoms with van der Waals surface area (Å²) in [7, 11) is 0. The Morgan fingerprint density at radius 3 is 2.95 bits per heavy atom. The van der Waals surface area contributed by atoms with E-state index < -0.39 is 0 Å². The summed E-state index contributed by atoms with van der Waals surface area (Å²) in [6, 6.07) is 10.3. The fourth-order valence-electron chi connectivity index (χ4n) is 3.22. The molecule has 1 unspecified atom stereocenters. The third-order valence-corrected chi connectivity index (χ3v) is 4.07. The molecule has 1 aliphatic rings. The number of hydrogen-bond acceptors (Lipinski definition) is 2. The first-order valence-electron chi connectivity index (χ1n) is 7.41. The molecule has 1 aromatic heterocycles. The lowest BCUT2D eigenvalue weighted by Gasteiger charge is -2.21. The Bertz CT molecular complexity index is 687. The number of nitrogens with two attached hydrogens (primary N) is 1. The van der Waals surface area contributed by atoms with Gasteiger partial charge < -0.3 is 15.6 Å². The van der Waals surface area contributed by atoms with Crippen LogP contribution in [0.25, 0.3) is 5.69 Å². The van der Waals surface area contributed by atoms with Crippen LogP contribution in [0.5, 0.6) is 0 Å². The van der Waals surface area contributed by atoms with E-state index in [0.29, 0.717) is 0 Å². The molecule has 4 heteroatoms. The molecule has 21 heavy (non-hydrogen) atoms. The van der Waals surface area contributed by atoms with Crippen LogP contribution in [0.15, 0.2) is 30.3 Å². The average Bonchev–Trinajstić information content (AvgIpc) is 2.76. The maximum absolute atomic E-state index is 11.2. The first-order valence-corrected chi connectivity index (χ1v) is 7.41. The zero-order chi connectivity index (χ0) is 15.0. The Morgan fingerprint density at radius 2 is 2.19 bits per heavy atom. The van der Waals surface area contributed by atoms with E-state index >= 15 is 0 Å². The van der Waals surface area contributed by atoms with Crippen molar-refractivity contribution in [3.63, 3.8) is 0 Å². The van der Waals surface area contributed by atoms with Crippen LogP contribution in [0.3, 0.4) is 0 Å². The van der Waals surface area contributed by atoms with Crippen molar-refractivity contribution < 1.29 is 4.79 Å². The predicted octanol–water partition coefficient (Wildman–Crippen LogP) is 3.08. The number of carbonyl (C=O) groups excluding carboxylic acids is 1.